The average molecular weight is 469 g/mol. The van der Waals surface area contributed by atoms with Crippen LogP contribution in [0.1, 0.15) is 11.1 Å². The molecule has 0 radical (unpaired) electrons. The van der Waals surface area contributed by atoms with Crippen molar-refractivity contribution < 1.29 is 18.0 Å². The standard InChI is InChI=1S/C23H18F3N5O3/c1-30-20-18(21(33)31(2)22(30)34)28-19(29-20)14-6-4-8-16(12-14)27-17(32)10-9-13-5-3-7-15(11-13)23(24,25)26/h3-12H,1-2H3,(H,27,32)(H,28,29)/b10-9+. The predicted octanol–water partition coefficient (Wildman–Crippen LogP) is 3.30. The number of aromatic amines is 1. The molecule has 2 heterocycles. The van der Waals surface area contributed by atoms with E-state index < -0.39 is 28.9 Å². The summed E-state index contributed by atoms with van der Waals surface area (Å²) in [5.41, 5.74) is -0.289. The molecule has 0 aliphatic rings. The number of alkyl halides is 3. The second-order valence-electron chi connectivity index (χ2n) is 7.52. The molecule has 34 heavy (non-hydrogen) atoms. The van der Waals surface area contributed by atoms with E-state index in [1.54, 1.807) is 24.3 Å². The van der Waals surface area contributed by atoms with Crippen LogP contribution in [0.15, 0.2) is 64.2 Å². The highest BCUT2D eigenvalue weighted by molar-refractivity contribution is 6.02. The third-order valence-electron chi connectivity index (χ3n) is 5.14. The number of aromatic nitrogens is 4. The molecule has 0 spiro atoms. The summed E-state index contributed by atoms with van der Waals surface area (Å²) in [6.45, 7) is 0. The Morgan fingerprint density at radius 2 is 1.79 bits per heavy atom. The highest BCUT2D eigenvalue weighted by Gasteiger charge is 2.30. The highest BCUT2D eigenvalue weighted by Crippen LogP contribution is 2.29. The van der Waals surface area contributed by atoms with E-state index in [1.807, 2.05) is 0 Å². The van der Waals surface area contributed by atoms with Crippen LogP contribution in [0, 0.1) is 0 Å². The SMILES string of the molecule is Cn1c(=O)c2[nH]c(-c3cccc(NC(=O)/C=C/c4cccc(C(F)(F)F)c4)c3)nc2n(C)c1=O. The van der Waals surface area contributed by atoms with Gasteiger partial charge in [-0.3, -0.25) is 18.7 Å². The molecule has 0 unspecified atom stereocenters. The lowest BCUT2D eigenvalue weighted by atomic mass is 10.1. The molecule has 174 valence electrons. The van der Waals surface area contributed by atoms with Gasteiger partial charge in [0.2, 0.25) is 5.91 Å². The number of anilines is 1. The van der Waals surface area contributed by atoms with Crippen LogP contribution in [0.2, 0.25) is 0 Å². The van der Waals surface area contributed by atoms with Gasteiger partial charge in [-0.15, -0.1) is 0 Å². The van der Waals surface area contributed by atoms with Crippen molar-refractivity contribution in [3.63, 3.8) is 0 Å². The molecule has 0 saturated heterocycles. The molecule has 2 aromatic carbocycles. The number of amides is 1. The molecule has 0 saturated carbocycles. The van der Waals surface area contributed by atoms with Crippen molar-refractivity contribution in [2.45, 2.75) is 6.18 Å². The molecule has 0 aliphatic heterocycles. The van der Waals surface area contributed by atoms with Crippen molar-refractivity contribution in [2.24, 2.45) is 14.1 Å². The van der Waals surface area contributed by atoms with Crippen molar-refractivity contribution in [3.05, 3.63) is 86.6 Å². The molecular formula is C23H18F3N5O3. The average Bonchev–Trinajstić information content (AvgIpc) is 3.26. The number of halogens is 3. The Morgan fingerprint density at radius 1 is 1.06 bits per heavy atom. The number of carbonyl (C=O) groups is 1. The van der Waals surface area contributed by atoms with E-state index >= 15 is 0 Å². The molecule has 8 nitrogen and oxygen atoms in total. The van der Waals surface area contributed by atoms with Crippen LogP contribution in [-0.2, 0) is 25.1 Å². The predicted molar refractivity (Wildman–Crippen MR) is 121 cm³/mol. The Balaban J connectivity index is 1.57. The van der Waals surface area contributed by atoms with Crippen molar-refractivity contribution in [3.8, 4) is 11.4 Å². The third-order valence-corrected chi connectivity index (χ3v) is 5.14. The Kier molecular flexibility index (Phi) is 5.70. The lowest BCUT2D eigenvalue weighted by Crippen LogP contribution is -2.36. The van der Waals surface area contributed by atoms with Gasteiger partial charge < -0.3 is 10.3 Å². The summed E-state index contributed by atoms with van der Waals surface area (Å²) in [6.07, 6.45) is -2.06. The quantitative estimate of drug-likeness (QED) is 0.448. The number of carbonyl (C=O) groups excluding carboxylic acids is 1. The minimum absolute atomic E-state index is 0.165. The van der Waals surface area contributed by atoms with Crippen LogP contribution >= 0.6 is 0 Å². The number of aryl methyl sites for hydroxylation is 1. The number of imidazole rings is 1. The Hall–Kier alpha value is -4.41. The second kappa shape index (κ2) is 8.50. The first-order valence-electron chi connectivity index (χ1n) is 9.97. The molecule has 4 aromatic rings. The number of nitrogens with zero attached hydrogens (tertiary/aromatic N) is 3. The van der Waals surface area contributed by atoms with E-state index in [0.717, 1.165) is 22.8 Å². The van der Waals surface area contributed by atoms with Crippen LogP contribution in [0.4, 0.5) is 18.9 Å². The molecular weight excluding hydrogens is 451 g/mol. The van der Waals surface area contributed by atoms with Crippen LogP contribution < -0.4 is 16.6 Å². The highest BCUT2D eigenvalue weighted by atomic mass is 19.4. The zero-order chi connectivity index (χ0) is 24.6. The minimum atomic E-state index is -4.47. The number of rotatable bonds is 4. The minimum Gasteiger partial charge on any atom is -0.332 e. The molecule has 1 amide bonds. The first-order valence-corrected chi connectivity index (χ1v) is 9.97. The van der Waals surface area contributed by atoms with Crippen molar-refractivity contribution in [1.29, 1.82) is 0 Å². The summed E-state index contributed by atoms with van der Waals surface area (Å²) < 4.78 is 40.7. The molecule has 2 N–H and O–H groups in total. The molecule has 11 heteroatoms. The summed E-state index contributed by atoms with van der Waals surface area (Å²) >= 11 is 0. The van der Waals surface area contributed by atoms with E-state index in [1.165, 1.54) is 36.9 Å². The number of fused-ring (bicyclic) bond motifs is 1. The maximum absolute atomic E-state index is 12.8. The zero-order valence-corrected chi connectivity index (χ0v) is 18.0. The van der Waals surface area contributed by atoms with Crippen LogP contribution in [0.3, 0.4) is 0 Å². The van der Waals surface area contributed by atoms with Crippen LogP contribution in [-0.4, -0.2) is 25.0 Å². The fourth-order valence-electron chi connectivity index (χ4n) is 3.38. The smallest absolute Gasteiger partial charge is 0.332 e. The first kappa shape index (κ1) is 22.8. The number of benzene rings is 2. The van der Waals surface area contributed by atoms with Gasteiger partial charge >= 0.3 is 11.9 Å². The van der Waals surface area contributed by atoms with Crippen molar-refractivity contribution in [1.82, 2.24) is 19.1 Å². The molecule has 0 aliphatic carbocycles. The van der Waals surface area contributed by atoms with Gasteiger partial charge in [-0.1, -0.05) is 24.3 Å². The summed E-state index contributed by atoms with van der Waals surface area (Å²) in [5, 5.41) is 2.63. The monoisotopic (exact) mass is 469 g/mol. The number of hydrogen-bond donors (Lipinski definition) is 2. The largest absolute Gasteiger partial charge is 0.416 e. The third kappa shape index (κ3) is 4.40. The Labute approximate surface area is 190 Å². The fourth-order valence-corrected chi connectivity index (χ4v) is 3.38. The first-order chi connectivity index (χ1) is 16.0. The maximum atomic E-state index is 12.8. The van der Waals surface area contributed by atoms with E-state index in [-0.39, 0.29) is 16.7 Å². The van der Waals surface area contributed by atoms with Gasteiger partial charge in [0, 0.05) is 31.4 Å². The molecule has 0 fully saturated rings. The van der Waals surface area contributed by atoms with E-state index in [2.05, 4.69) is 15.3 Å². The van der Waals surface area contributed by atoms with Crippen LogP contribution in [0.25, 0.3) is 28.6 Å². The molecule has 0 atom stereocenters. The summed E-state index contributed by atoms with van der Waals surface area (Å²) in [7, 11) is 2.87. The van der Waals surface area contributed by atoms with Gasteiger partial charge in [0.05, 0.1) is 5.56 Å². The molecule has 4 rings (SSSR count). The fraction of sp³-hybridized carbons (Fsp3) is 0.130. The van der Waals surface area contributed by atoms with E-state index in [0.29, 0.717) is 17.1 Å². The van der Waals surface area contributed by atoms with Gasteiger partial charge in [0.25, 0.3) is 5.56 Å². The van der Waals surface area contributed by atoms with Crippen LogP contribution in [0.5, 0.6) is 0 Å². The van der Waals surface area contributed by atoms with Gasteiger partial charge in [-0.05, 0) is 35.9 Å². The van der Waals surface area contributed by atoms with Gasteiger partial charge in [-0.2, -0.15) is 13.2 Å². The van der Waals surface area contributed by atoms with E-state index in [9.17, 15) is 27.6 Å². The Morgan fingerprint density at radius 3 is 2.53 bits per heavy atom. The van der Waals surface area contributed by atoms with Crippen molar-refractivity contribution >= 4 is 28.8 Å². The molecule has 2 aromatic heterocycles. The van der Waals surface area contributed by atoms with Crippen molar-refractivity contribution in [2.75, 3.05) is 5.32 Å². The lowest BCUT2D eigenvalue weighted by molar-refractivity contribution is -0.137. The lowest BCUT2D eigenvalue weighted by Gasteiger charge is -2.07. The normalized spacial score (nSPS) is 11.9. The second-order valence-corrected chi connectivity index (χ2v) is 7.52. The zero-order valence-electron chi connectivity index (χ0n) is 18.0. The number of hydrogen-bond acceptors (Lipinski definition) is 4. The summed E-state index contributed by atoms with van der Waals surface area (Å²) in [5.74, 6) is -0.223. The number of nitrogens with one attached hydrogen (secondary N) is 2. The topological polar surface area (TPSA) is 102 Å². The Bertz CT molecular complexity index is 1560. The molecule has 0 bridgehead atoms. The van der Waals surface area contributed by atoms with Gasteiger partial charge in [-0.25, -0.2) is 9.78 Å². The van der Waals surface area contributed by atoms with E-state index in [4.69, 9.17) is 0 Å². The summed E-state index contributed by atoms with van der Waals surface area (Å²) in [6, 6.07) is 11.2. The van der Waals surface area contributed by atoms with Gasteiger partial charge in [0.1, 0.15) is 11.3 Å². The number of H-pyrrole nitrogens is 1. The maximum Gasteiger partial charge on any atom is 0.416 e. The van der Waals surface area contributed by atoms with Gasteiger partial charge in [0.15, 0.2) is 5.65 Å². The summed E-state index contributed by atoms with van der Waals surface area (Å²) in [4.78, 5) is 44.0.